The number of piperidine rings is 1. The second-order valence-corrected chi connectivity index (χ2v) is 9.46. The molecule has 0 radical (unpaired) electrons. The van der Waals surface area contributed by atoms with Crippen molar-refractivity contribution in [1.29, 1.82) is 0 Å². The first kappa shape index (κ1) is 21.1. The van der Waals surface area contributed by atoms with Gasteiger partial charge < -0.3 is 15.2 Å². The fourth-order valence-electron chi connectivity index (χ4n) is 4.84. The lowest BCUT2D eigenvalue weighted by Crippen LogP contribution is -2.53. The van der Waals surface area contributed by atoms with Crippen LogP contribution < -0.4 is 10.1 Å². The van der Waals surface area contributed by atoms with Crippen LogP contribution in [-0.4, -0.2) is 77.7 Å². The molecule has 32 heavy (non-hydrogen) atoms. The summed E-state index contributed by atoms with van der Waals surface area (Å²) < 4.78 is 7.81. The van der Waals surface area contributed by atoms with Gasteiger partial charge in [0, 0.05) is 43.5 Å². The van der Waals surface area contributed by atoms with Crippen molar-refractivity contribution in [3.8, 4) is 17.1 Å². The fourth-order valence-corrected chi connectivity index (χ4v) is 4.84. The smallest absolute Gasteiger partial charge is 0.244 e. The van der Waals surface area contributed by atoms with Crippen LogP contribution in [0.2, 0.25) is 0 Å². The summed E-state index contributed by atoms with van der Waals surface area (Å²) in [5.74, 6) is 2.13. The number of ether oxygens (including phenoxy) is 1. The van der Waals surface area contributed by atoms with E-state index in [0.29, 0.717) is 53.7 Å². The van der Waals surface area contributed by atoms with E-state index in [2.05, 4.69) is 37.3 Å². The lowest BCUT2D eigenvalue weighted by molar-refractivity contribution is 0.0198. The maximum atomic E-state index is 9.30. The summed E-state index contributed by atoms with van der Waals surface area (Å²) >= 11 is 0. The second kappa shape index (κ2) is 8.67. The van der Waals surface area contributed by atoms with Gasteiger partial charge in [0.05, 0.1) is 18.5 Å². The van der Waals surface area contributed by atoms with E-state index >= 15 is 0 Å². The zero-order valence-electron chi connectivity index (χ0n) is 18.9. The van der Waals surface area contributed by atoms with Gasteiger partial charge in [-0.25, -0.2) is 4.98 Å². The number of fused-ring (bicyclic) bond motifs is 1. The van der Waals surface area contributed by atoms with Crippen LogP contribution in [-0.2, 0) is 0 Å². The topological polar surface area (TPSA) is 116 Å². The molecule has 0 bridgehead atoms. The van der Waals surface area contributed by atoms with E-state index in [1.807, 2.05) is 13.8 Å². The molecule has 4 heterocycles. The molecule has 3 aromatic heterocycles. The van der Waals surface area contributed by atoms with Crippen molar-refractivity contribution in [2.45, 2.75) is 58.2 Å². The summed E-state index contributed by atoms with van der Waals surface area (Å²) in [5.41, 5.74) is 2.16. The molecule has 1 aliphatic heterocycles. The average molecular weight is 441 g/mol. The number of aromatic nitrogens is 6. The fraction of sp³-hybridized carbons (Fsp3) is 0.636. The Bertz CT molecular complexity index is 1040. The molecule has 10 heteroatoms. The molecule has 3 N–H and O–H groups in total. The molecule has 0 amide bonds. The standard InChI is InChI=1S/C22H32N8O2/c1-13(2)32-21-20(16-8-24-25-9-16)23-10-19-27-22(28-30(19)21)26-18-4-5-29(11-14(18)3)17-6-15(7-17)12-31/h8-10,13-15,17-18,31H,4-7,11-12H2,1-3H3,(H,24,25)(H,26,28)/t14-,15?,17?,18+/m1/s1. The molecule has 0 unspecified atom stereocenters. The highest BCUT2D eigenvalue weighted by molar-refractivity contribution is 5.65. The van der Waals surface area contributed by atoms with E-state index in [1.165, 1.54) is 0 Å². The van der Waals surface area contributed by atoms with Crippen molar-refractivity contribution in [2.24, 2.45) is 11.8 Å². The summed E-state index contributed by atoms with van der Waals surface area (Å²) in [4.78, 5) is 11.8. The first-order valence-electron chi connectivity index (χ1n) is 11.5. The molecule has 2 aliphatic rings. The first-order valence-corrected chi connectivity index (χ1v) is 11.5. The van der Waals surface area contributed by atoms with Gasteiger partial charge in [0.2, 0.25) is 11.8 Å². The summed E-state index contributed by atoms with van der Waals surface area (Å²) in [6.07, 6.45) is 8.49. The quantitative estimate of drug-likeness (QED) is 0.512. The van der Waals surface area contributed by atoms with Crippen molar-refractivity contribution in [3.05, 3.63) is 18.6 Å². The molecular weight excluding hydrogens is 408 g/mol. The minimum atomic E-state index is -0.0325. The van der Waals surface area contributed by atoms with Crippen LogP contribution in [0.4, 0.5) is 5.95 Å². The number of nitrogens with zero attached hydrogens (tertiary/aromatic N) is 6. The van der Waals surface area contributed by atoms with Crippen LogP contribution in [0.25, 0.3) is 16.9 Å². The Morgan fingerprint density at radius 2 is 2.16 bits per heavy atom. The highest BCUT2D eigenvalue weighted by Crippen LogP contribution is 2.34. The predicted octanol–water partition coefficient (Wildman–Crippen LogP) is 2.19. The van der Waals surface area contributed by atoms with Crippen molar-refractivity contribution in [3.63, 3.8) is 0 Å². The molecule has 3 aromatic rings. The molecular formula is C22H32N8O2. The summed E-state index contributed by atoms with van der Waals surface area (Å²) in [6, 6.07) is 0.945. The third-order valence-electron chi connectivity index (χ3n) is 6.69. The van der Waals surface area contributed by atoms with E-state index in [4.69, 9.17) is 9.84 Å². The highest BCUT2D eigenvalue weighted by Gasteiger charge is 2.37. The lowest BCUT2D eigenvalue weighted by atomic mass is 9.78. The van der Waals surface area contributed by atoms with E-state index in [9.17, 15) is 5.11 Å². The Hall–Kier alpha value is -2.72. The van der Waals surface area contributed by atoms with E-state index in [-0.39, 0.29) is 6.10 Å². The normalized spacial score (nSPS) is 26.4. The third kappa shape index (κ3) is 4.04. The Morgan fingerprint density at radius 1 is 1.31 bits per heavy atom. The summed E-state index contributed by atoms with van der Waals surface area (Å²) in [5, 5.41) is 24.4. The van der Waals surface area contributed by atoms with Crippen molar-refractivity contribution in [2.75, 3.05) is 25.0 Å². The maximum Gasteiger partial charge on any atom is 0.244 e. The van der Waals surface area contributed by atoms with Gasteiger partial charge in [-0.3, -0.25) is 10.00 Å². The van der Waals surface area contributed by atoms with Crippen LogP contribution >= 0.6 is 0 Å². The molecule has 1 saturated heterocycles. The van der Waals surface area contributed by atoms with Gasteiger partial charge in [0.1, 0.15) is 5.69 Å². The minimum absolute atomic E-state index is 0.0325. The monoisotopic (exact) mass is 440 g/mol. The Morgan fingerprint density at radius 3 is 2.84 bits per heavy atom. The first-order chi connectivity index (χ1) is 15.5. The Balaban J connectivity index is 1.33. The SMILES string of the molecule is CC(C)Oc1c(-c2cn[nH]c2)ncc2nc(N[C@H]3CCN(C4CC(CO)C4)C[C@H]3C)nn12. The van der Waals surface area contributed by atoms with Crippen molar-refractivity contribution < 1.29 is 9.84 Å². The number of anilines is 1. The van der Waals surface area contributed by atoms with Gasteiger partial charge in [-0.05, 0) is 44.9 Å². The molecule has 172 valence electrons. The van der Waals surface area contributed by atoms with Crippen LogP contribution in [0.1, 0.15) is 40.0 Å². The number of hydrogen-bond acceptors (Lipinski definition) is 8. The Kier molecular flexibility index (Phi) is 5.73. The number of hydrogen-bond donors (Lipinski definition) is 3. The maximum absolute atomic E-state index is 9.30. The zero-order valence-corrected chi connectivity index (χ0v) is 18.9. The second-order valence-electron chi connectivity index (χ2n) is 9.46. The molecule has 1 aliphatic carbocycles. The number of aliphatic hydroxyl groups excluding tert-OH is 1. The van der Waals surface area contributed by atoms with E-state index in [0.717, 1.165) is 37.9 Å². The number of nitrogens with one attached hydrogen (secondary N) is 2. The molecule has 2 atom stereocenters. The number of H-pyrrole nitrogens is 1. The van der Waals surface area contributed by atoms with Crippen LogP contribution in [0.5, 0.6) is 5.88 Å². The molecule has 0 aromatic carbocycles. The van der Waals surface area contributed by atoms with Gasteiger partial charge in [-0.15, -0.1) is 5.10 Å². The third-order valence-corrected chi connectivity index (χ3v) is 6.69. The number of likely N-dealkylation sites (tertiary alicyclic amines) is 1. The molecule has 1 saturated carbocycles. The van der Waals surface area contributed by atoms with Crippen LogP contribution in [0.15, 0.2) is 18.6 Å². The predicted molar refractivity (Wildman–Crippen MR) is 120 cm³/mol. The summed E-state index contributed by atoms with van der Waals surface area (Å²) in [6.45, 7) is 8.69. The summed E-state index contributed by atoms with van der Waals surface area (Å²) in [7, 11) is 0. The largest absolute Gasteiger partial charge is 0.473 e. The number of rotatable bonds is 7. The number of aromatic amines is 1. The van der Waals surface area contributed by atoms with Gasteiger partial charge in [0.25, 0.3) is 0 Å². The van der Waals surface area contributed by atoms with Gasteiger partial charge in [-0.2, -0.15) is 14.6 Å². The molecule has 0 spiro atoms. The van der Waals surface area contributed by atoms with E-state index < -0.39 is 0 Å². The van der Waals surface area contributed by atoms with Gasteiger partial charge in [0.15, 0.2) is 5.65 Å². The van der Waals surface area contributed by atoms with Crippen LogP contribution in [0.3, 0.4) is 0 Å². The molecule has 5 rings (SSSR count). The Labute approximate surface area is 187 Å². The number of aliphatic hydroxyl groups is 1. The molecule has 2 fully saturated rings. The van der Waals surface area contributed by atoms with Crippen molar-refractivity contribution >= 4 is 11.6 Å². The highest BCUT2D eigenvalue weighted by atomic mass is 16.5. The minimum Gasteiger partial charge on any atom is -0.473 e. The van der Waals surface area contributed by atoms with Crippen LogP contribution in [0, 0.1) is 11.8 Å². The average Bonchev–Trinajstić information content (AvgIpc) is 3.39. The zero-order chi connectivity index (χ0) is 22.2. The van der Waals surface area contributed by atoms with E-state index in [1.54, 1.807) is 23.1 Å². The lowest BCUT2D eigenvalue weighted by Gasteiger charge is -2.47. The molecule has 10 nitrogen and oxygen atoms in total. The van der Waals surface area contributed by atoms with Crippen molar-refractivity contribution in [1.82, 2.24) is 34.7 Å². The van der Waals surface area contributed by atoms with Gasteiger partial charge in [-0.1, -0.05) is 6.92 Å². The van der Waals surface area contributed by atoms with Gasteiger partial charge >= 0.3 is 0 Å².